The van der Waals surface area contributed by atoms with Crippen molar-refractivity contribution in [2.24, 2.45) is 4.99 Å². The number of nitrogens with one attached hydrogen (secondary N) is 1. The zero-order valence-corrected chi connectivity index (χ0v) is 9.76. The molecule has 1 N–H and O–H groups in total. The zero-order chi connectivity index (χ0) is 11.5. The second-order valence-electron chi connectivity index (χ2n) is 3.20. The fourth-order valence-corrected chi connectivity index (χ4v) is 1.63. The Kier molecular flexibility index (Phi) is 3.22. The summed E-state index contributed by atoms with van der Waals surface area (Å²) < 4.78 is 0. The number of hydrogen-bond donors (Lipinski definition) is 1. The summed E-state index contributed by atoms with van der Waals surface area (Å²) in [5.74, 6) is 0. The first-order chi connectivity index (χ1) is 7.68. The molecular weight excluding hydrogens is 243 g/mol. The van der Waals surface area contributed by atoms with Crippen molar-refractivity contribution in [1.29, 1.82) is 5.41 Å². The molecule has 0 saturated carbocycles. The second-order valence-corrected chi connectivity index (χ2v) is 4.01. The Hall–Kier alpha value is -1.38. The Morgan fingerprint density at radius 1 is 1.12 bits per heavy atom. The second kappa shape index (κ2) is 4.64. The van der Waals surface area contributed by atoms with Crippen LogP contribution in [-0.2, 0) is 0 Å². The number of hydrogen-bond acceptors (Lipinski definition) is 2. The number of aliphatic imine (C=N–C) groups is 1. The topological polar surface area (TPSA) is 36.2 Å². The molecule has 0 fully saturated rings. The molecule has 0 atom stereocenters. The van der Waals surface area contributed by atoms with Crippen molar-refractivity contribution in [3.63, 3.8) is 0 Å². The maximum Gasteiger partial charge on any atom is 0.0983 e. The first-order valence-corrected chi connectivity index (χ1v) is 5.40. The van der Waals surface area contributed by atoms with E-state index in [1.54, 1.807) is 30.4 Å². The van der Waals surface area contributed by atoms with Crippen LogP contribution < -0.4 is 0 Å². The molecule has 1 aliphatic rings. The molecule has 1 aromatic rings. The van der Waals surface area contributed by atoms with Gasteiger partial charge in [-0.3, -0.25) is 5.41 Å². The van der Waals surface area contributed by atoms with Crippen molar-refractivity contribution in [3.8, 4) is 0 Å². The van der Waals surface area contributed by atoms with Crippen LogP contribution in [0.25, 0.3) is 0 Å². The van der Waals surface area contributed by atoms with Gasteiger partial charge < -0.3 is 0 Å². The van der Waals surface area contributed by atoms with Gasteiger partial charge in [-0.15, -0.1) is 0 Å². The largest absolute Gasteiger partial charge is 0.297 e. The van der Waals surface area contributed by atoms with Gasteiger partial charge in [0.25, 0.3) is 0 Å². The highest BCUT2D eigenvalue weighted by molar-refractivity contribution is 6.63. The van der Waals surface area contributed by atoms with Gasteiger partial charge in [-0.05, 0) is 24.3 Å². The van der Waals surface area contributed by atoms with E-state index in [1.807, 2.05) is 12.1 Å². The number of allylic oxidation sites excluding steroid dienone is 4. The summed E-state index contributed by atoms with van der Waals surface area (Å²) in [4.78, 5) is 4.30. The normalized spacial score (nSPS) is 17.8. The lowest BCUT2D eigenvalue weighted by molar-refractivity contribution is 1.49. The molecule has 0 radical (unpaired) electrons. The Bertz CT molecular complexity index is 528. The van der Waals surface area contributed by atoms with E-state index in [0.29, 0.717) is 21.5 Å². The van der Waals surface area contributed by atoms with Crippen LogP contribution >= 0.6 is 23.2 Å². The summed E-state index contributed by atoms with van der Waals surface area (Å²) in [6, 6.07) is 7.23. The van der Waals surface area contributed by atoms with Crippen LogP contribution in [0.15, 0.2) is 52.5 Å². The highest BCUT2D eigenvalue weighted by Gasteiger charge is 2.11. The molecular formula is C12H8Cl2N2. The SMILES string of the molecule is N=C1C(Cl)=CC=CC1=Nc1ccccc1Cl. The molecule has 1 aromatic carbocycles. The number of benzene rings is 1. The van der Waals surface area contributed by atoms with E-state index in [9.17, 15) is 0 Å². The van der Waals surface area contributed by atoms with E-state index in [4.69, 9.17) is 28.6 Å². The maximum atomic E-state index is 7.75. The van der Waals surface area contributed by atoms with Gasteiger partial charge in [-0.2, -0.15) is 0 Å². The van der Waals surface area contributed by atoms with Gasteiger partial charge in [0.2, 0.25) is 0 Å². The van der Waals surface area contributed by atoms with E-state index < -0.39 is 0 Å². The summed E-state index contributed by atoms with van der Waals surface area (Å²) in [6.07, 6.45) is 5.16. The fraction of sp³-hybridized carbons (Fsp3) is 0. The number of halogens is 2. The minimum atomic E-state index is 0.212. The third kappa shape index (κ3) is 2.23. The first-order valence-electron chi connectivity index (χ1n) is 4.65. The average Bonchev–Trinajstić information content (AvgIpc) is 2.28. The standard InChI is InChI=1S/C12H8Cl2N2/c13-8-4-1-2-6-10(8)16-11-7-3-5-9(14)12(11)15/h1-7,15H. The Labute approximate surface area is 103 Å². The van der Waals surface area contributed by atoms with Crippen LogP contribution in [0.1, 0.15) is 0 Å². The van der Waals surface area contributed by atoms with E-state index in [1.165, 1.54) is 0 Å². The van der Waals surface area contributed by atoms with Crippen molar-refractivity contribution in [1.82, 2.24) is 0 Å². The van der Waals surface area contributed by atoms with Gasteiger partial charge in [0.05, 0.1) is 27.2 Å². The Morgan fingerprint density at radius 3 is 2.62 bits per heavy atom. The van der Waals surface area contributed by atoms with Crippen LogP contribution in [0.5, 0.6) is 0 Å². The van der Waals surface area contributed by atoms with Gasteiger partial charge in [-0.1, -0.05) is 41.4 Å². The van der Waals surface area contributed by atoms with Crippen LogP contribution in [-0.4, -0.2) is 11.4 Å². The molecule has 2 nitrogen and oxygen atoms in total. The van der Waals surface area contributed by atoms with Crippen molar-refractivity contribution >= 4 is 40.3 Å². The van der Waals surface area contributed by atoms with E-state index >= 15 is 0 Å². The van der Waals surface area contributed by atoms with E-state index in [-0.39, 0.29) is 5.71 Å². The molecule has 4 heteroatoms. The molecule has 0 heterocycles. The predicted molar refractivity (Wildman–Crippen MR) is 69.3 cm³/mol. The minimum Gasteiger partial charge on any atom is -0.297 e. The van der Waals surface area contributed by atoms with Crippen molar-refractivity contribution in [2.45, 2.75) is 0 Å². The summed E-state index contributed by atoms with van der Waals surface area (Å²) in [7, 11) is 0. The van der Waals surface area contributed by atoms with Gasteiger partial charge in [0.15, 0.2) is 0 Å². The molecule has 0 unspecified atom stereocenters. The quantitative estimate of drug-likeness (QED) is 0.729. The van der Waals surface area contributed by atoms with E-state index in [2.05, 4.69) is 4.99 Å². The van der Waals surface area contributed by atoms with Crippen molar-refractivity contribution < 1.29 is 0 Å². The van der Waals surface area contributed by atoms with Gasteiger partial charge >= 0.3 is 0 Å². The number of nitrogens with zero attached hydrogens (tertiary/aromatic N) is 1. The molecule has 1 aliphatic carbocycles. The fourth-order valence-electron chi connectivity index (χ4n) is 1.28. The number of para-hydroxylation sites is 1. The molecule has 80 valence electrons. The minimum absolute atomic E-state index is 0.212. The smallest absolute Gasteiger partial charge is 0.0983 e. The molecule has 2 rings (SSSR count). The predicted octanol–water partition coefficient (Wildman–Crippen LogP) is 4.12. The van der Waals surface area contributed by atoms with Crippen LogP contribution in [0.3, 0.4) is 0 Å². The highest BCUT2D eigenvalue weighted by atomic mass is 35.5. The van der Waals surface area contributed by atoms with E-state index in [0.717, 1.165) is 0 Å². The summed E-state index contributed by atoms with van der Waals surface area (Å²) in [5, 5.41) is 8.69. The third-order valence-corrected chi connectivity index (χ3v) is 2.72. The lowest BCUT2D eigenvalue weighted by Crippen LogP contribution is -2.12. The summed E-state index contributed by atoms with van der Waals surface area (Å²) >= 11 is 11.8. The van der Waals surface area contributed by atoms with Crippen molar-refractivity contribution in [2.75, 3.05) is 0 Å². The van der Waals surface area contributed by atoms with Gasteiger partial charge in [-0.25, -0.2) is 4.99 Å². The highest BCUT2D eigenvalue weighted by Crippen LogP contribution is 2.25. The van der Waals surface area contributed by atoms with Gasteiger partial charge in [0, 0.05) is 0 Å². The first kappa shape index (κ1) is 11.1. The lowest BCUT2D eigenvalue weighted by Gasteiger charge is -2.07. The molecule has 0 saturated heterocycles. The molecule has 0 aliphatic heterocycles. The summed E-state index contributed by atoms with van der Waals surface area (Å²) in [5.41, 5.74) is 1.37. The lowest BCUT2D eigenvalue weighted by atomic mass is 10.1. The zero-order valence-electron chi connectivity index (χ0n) is 8.24. The molecule has 16 heavy (non-hydrogen) atoms. The Morgan fingerprint density at radius 2 is 1.88 bits per heavy atom. The van der Waals surface area contributed by atoms with Crippen LogP contribution in [0, 0.1) is 5.41 Å². The van der Waals surface area contributed by atoms with Crippen LogP contribution in [0.2, 0.25) is 5.02 Å². The monoisotopic (exact) mass is 250 g/mol. The molecule has 0 spiro atoms. The Balaban J connectivity index is 2.40. The average molecular weight is 251 g/mol. The summed E-state index contributed by atoms with van der Waals surface area (Å²) in [6.45, 7) is 0. The van der Waals surface area contributed by atoms with Gasteiger partial charge in [0.1, 0.15) is 0 Å². The number of rotatable bonds is 1. The maximum absolute atomic E-state index is 7.75. The molecule has 0 amide bonds. The molecule has 0 aromatic heterocycles. The molecule has 0 bridgehead atoms. The van der Waals surface area contributed by atoms with Crippen molar-refractivity contribution in [3.05, 3.63) is 52.5 Å². The third-order valence-electron chi connectivity index (χ3n) is 2.08. The van der Waals surface area contributed by atoms with Crippen LogP contribution in [0.4, 0.5) is 5.69 Å².